The lowest BCUT2D eigenvalue weighted by Gasteiger charge is -2.45. The number of hydrogen-bond acceptors (Lipinski definition) is 4. The Balaban J connectivity index is 1.57. The minimum atomic E-state index is -2.83. The molecule has 1 heterocycles. The van der Waals surface area contributed by atoms with Crippen LogP contribution >= 0.6 is 0 Å². The quantitative estimate of drug-likeness (QED) is 0.289. The van der Waals surface area contributed by atoms with Crippen LogP contribution in [0.5, 0.6) is 0 Å². The molecule has 0 aromatic heterocycles. The number of amides is 1. The van der Waals surface area contributed by atoms with Crippen LogP contribution in [0.15, 0.2) is 96.6 Å². The first-order valence-corrected chi connectivity index (χ1v) is 17.0. The van der Waals surface area contributed by atoms with Crippen molar-refractivity contribution in [3.63, 3.8) is 0 Å². The van der Waals surface area contributed by atoms with E-state index in [0.29, 0.717) is 13.0 Å². The van der Waals surface area contributed by atoms with Crippen LogP contribution in [-0.2, 0) is 13.9 Å². The van der Waals surface area contributed by atoms with Crippen molar-refractivity contribution in [2.24, 2.45) is 0 Å². The molecule has 1 aliphatic heterocycles. The van der Waals surface area contributed by atoms with Crippen molar-refractivity contribution >= 4 is 30.9 Å². The molecule has 0 N–H and O–H groups in total. The Morgan fingerprint density at radius 3 is 1.81 bits per heavy atom. The van der Waals surface area contributed by atoms with Gasteiger partial charge in [-0.2, -0.15) is 0 Å². The molecule has 1 amide bonds. The highest BCUT2D eigenvalue weighted by atomic mass is 28.4. The third-order valence-electron chi connectivity index (χ3n) is 8.65. The van der Waals surface area contributed by atoms with Crippen LogP contribution in [0.25, 0.3) is 6.08 Å². The third kappa shape index (κ3) is 5.72. The van der Waals surface area contributed by atoms with Crippen molar-refractivity contribution in [3.05, 3.63) is 102 Å². The van der Waals surface area contributed by atoms with E-state index in [9.17, 15) is 4.79 Å². The van der Waals surface area contributed by atoms with E-state index in [1.165, 1.54) is 10.4 Å². The lowest BCUT2D eigenvalue weighted by Crippen LogP contribution is -2.67. The smallest absolute Gasteiger partial charge is 0.413 e. The van der Waals surface area contributed by atoms with Crippen LogP contribution in [0, 0.1) is 0 Å². The second-order valence-corrected chi connectivity index (χ2v) is 17.9. The Bertz CT molecular complexity index is 1340. The molecule has 5 rings (SSSR count). The van der Waals surface area contributed by atoms with Gasteiger partial charge in [0, 0.05) is 0 Å². The standard InChI is InChI=1S/C36H45NO4Si/c1-34(2,3)42(28-19-13-9-14-20-28,29-21-15-10-16-22-29)41-32-24-23-31(30(32)25-27-17-11-8-12-18-27)40-33(38)37-35(4,5)26-39-36(37,6)7/h8-22,25,31-32H,23-24,26H2,1-7H3/b30-25+/t31-,32-/m1/s1. The maximum atomic E-state index is 13.8. The maximum Gasteiger partial charge on any atom is 0.413 e. The van der Waals surface area contributed by atoms with Gasteiger partial charge < -0.3 is 13.9 Å². The molecule has 2 fully saturated rings. The number of hydrogen-bond donors (Lipinski definition) is 0. The molecule has 2 aliphatic rings. The molecule has 0 radical (unpaired) electrons. The van der Waals surface area contributed by atoms with Gasteiger partial charge in [-0.25, -0.2) is 4.79 Å². The first-order chi connectivity index (χ1) is 19.8. The SMILES string of the molecule is CC1(C)COC(C)(C)N1C(=O)O[C@@H]1CC[C@@H](O[Si](c2ccccc2)(c2ccccc2)C(C)(C)C)/C1=C/c1ccccc1. The molecule has 6 heteroatoms. The summed E-state index contributed by atoms with van der Waals surface area (Å²) in [6.45, 7) is 15.2. The van der Waals surface area contributed by atoms with Gasteiger partial charge in [0.2, 0.25) is 0 Å². The predicted octanol–water partition coefficient (Wildman–Crippen LogP) is 7.16. The van der Waals surface area contributed by atoms with Gasteiger partial charge >= 0.3 is 6.09 Å². The van der Waals surface area contributed by atoms with Crippen molar-refractivity contribution in [2.45, 2.75) is 89.8 Å². The van der Waals surface area contributed by atoms with Crippen molar-refractivity contribution in [3.8, 4) is 0 Å². The molecule has 42 heavy (non-hydrogen) atoms. The number of ether oxygens (including phenoxy) is 2. The molecule has 0 bridgehead atoms. The first kappa shape index (κ1) is 30.3. The molecule has 1 saturated heterocycles. The molecule has 222 valence electrons. The Kier molecular flexibility index (Phi) is 8.27. The van der Waals surface area contributed by atoms with E-state index in [2.05, 4.69) is 99.6 Å². The van der Waals surface area contributed by atoms with Crippen LogP contribution in [0.2, 0.25) is 5.04 Å². The summed E-state index contributed by atoms with van der Waals surface area (Å²) in [5.74, 6) is 0. The van der Waals surface area contributed by atoms with Gasteiger partial charge in [-0.15, -0.1) is 0 Å². The highest BCUT2D eigenvalue weighted by Crippen LogP contribution is 2.43. The molecule has 3 aromatic carbocycles. The van der Waals surface area contributed by atoms with Crippen LogP contribution in [0.3, 0.4) is 0 Å². The van der Waals surface area contributed by atoms with Crippen LogP contribution in [0.1, 0.15) is 66.9 Å². The van der Waals surface area contributed by atoms with Crippen molar-refractivity contribution in [1.29, 1.82) is 0 Å². The van der Waals surface area contributed by atoms with E-state index >= 15 is 0 Å². The van der Waals surface area contributed by atoms with Gasteiger partial charge in [-0.3, -0.25) is 4.90 Å². The van der Waals surface area contributed by atoms with Gasteiger partial charge in [-0.1, -0.05) is 112 Å². The third-order valence-corrected chi connectivity index (χ3v) is 13.7. The van der Waals surface area contributed by atoms with Crippen LogP contribution in [-0.4, -0.2) is 49.4 Å². The zero-order valence-electron chi connectivity index (χ0n) is 26.1. The highest BCUT2D eigenvalue weighted by Gasteiger charge is 2.54. The average Bonchev–Trinajstić information content (AvgIpc) is 3.42. The summed E-state index contributed by atoms with van der Waals surface area (Å²) in [5.41, 5.74) is 0.871. The summed E-state index contributed by atoms with van der Waals surface area (Å²) >= 11 is 0. The van der Waals surface area contributed by atoms with E-state index in [1.54, 1.807) is 4.90 Å². The fourth-order valence-electron chi connectivity index (χ4n) is 6.78. The Labute approximate surface area is 252 Å². The number of rotatable bonds is 6. The van der Waals surface area contributed by atoms with Gasteiger partial charge in [0.25, 0.3) is 8.32 Å². The molecular formula is C36H45NO4Si. The Morgan fingerprint density at radius 2 is 1.33 bits per heavy atom. The molecule has 3 aromatic rings. The van der Waals surface area contributed by atoms with Crippen molar-refractivity contribution in [2.75, 3.05) is 6.61 Å². The molecule has 5 nitrogen and oxygen atoms in total. The number of benzene rings is 3. The van der Waals surface area contributed by atoms with Crippen molar-refractivity contribution < 1.29 is 18.7 Å². The maximum absolute atomic E-state index is 13.8. The fourth-order valence-corrected chi connectivity index (χ4v) is 11.5. The second-order valence-electron chi connectivity index (χ2n) is 13.7. The van der Waals surface area contributed by atoms with Crippen LogP contribution < -0.4 is 10.4 Å². The number of nitrogens with zero attached hydrogens (tertiary/aromatic N) is 1. The lowest BCUT2D eigenvalue weighted by molar-refractivity contribution is -0.0557. The van der Waals surface area contributed by atoms with Crippen molar-refractivity contribution in [1.82, 2.24) is 4.90 Å². The van der Waals surface area contributed by atoms with E-state index < -0.39 is 25.7 Å². The Morgan fingerprint density at radius 1 is 0.833 bits per heavy atom. The topological polar surface area (TPSA) is 48.0 Å². The number of carbonyl (C=O) groups excluding carboxylic acids is 1. The zero-order chi connectivity index (χ0) is 30.2. The van der Waals surface area contributed by atoms with E-state index in [0.717, 1.165) is 17.6 Å². The van der Waals surface area contributed by atoms with Gasteiger partial charge in [-0.05, 0) is 73.2 Å². The monoisotopic (exact) mass is 583 g/mol. The summed E-state index contributed by atoms with van der Waals surface area (Å²) in [7, 11) is -2.83. The summed E-state index contributed by atoms with van der Waals surface area (Å²) < 4.78 is 19.9. The predicted molar refractivity (Wildman–Crippen MR) is 172 cm³/mol. The molecule has 1 aliphatic carbocycles. The summed E-state index contributed by atoms with van der Waals surface area (Å²) in [4.78, 5) is 15.5. The minimum absolute atomic E-state index is 0.163. The molecule has 1 saturated carbocycles. The molecule has 2 atom stereocenters. The van der Waals surface area contributed by atoms with E-state index in [1.807, 2.05) is 45.9 Å². The number of carbonyl (C=O) groups is 1. The van der Waals surface area contributed by atoms with Gasteiger partial charge in [0.1, 0.15) is 11.8 Å². The molecular weight excluding hydrogens is 538 g/mol. The largest absolute Gasteiger partial charge is 0.441 e. The summed E-state index contributed by atoms with van der Waals surface area (Å²) in [6.07, 6.45) is 2.69. The average molecular weight is 584 g/mol. The normalized spacial score (nSPS) is 22.8. The zero-order valence-corrected chi connectivity index (χ0v) is 27.1. The summed E-state index contributed by atoms with van der Waals surface area (Å²) in [6, 6.07) is 31.7. The van der Waals surface area contributed by atoms with E-state index in [-0.39, 0.29) is 17.2 Å². The van der Waals surface area contributed by atoms with Gasteiger partial charge in [0.05, 0.1) is 18.2 Å². The minimum Gasteiger partial charge on any atom is -0.441 e. The highest BCUT2D eigenvalue weighted by molar-refractivity contribution is 6.99. The fraction of sp³-hybridized carbons (Fsp3) is 0.417. The summed E-state index contributed by atoms with van der Waals surface area (Å²) in [5, 5.41) is 2.31. The van der Waals surface area contributed by atoms with Gasteiger partial charge in [0.15, 0.2) is 0 Å². The second kappa shape index (κ2) is 11.5. The lowest BCUT2D eigenvalue weighted by atomic mass is 10.0. The molecule has 0 unspecified atom stereocenters. The van der Waals surface area contributed by atoms with E-state index in [4.69, 9.17) is 13.9 Å². The first-order valence-electron chi connectivity index (χ1n) is 15.1. The molecule has 0 spiro atoms. The Hall–Kier alpha value is -3.19. The van der Waals surface area contributed by atoms with Crippen LogP contribution in [0.4, 0.5) is 4.79 Å².